The second-order valence-corrected chi connectivity index (χ2v) is 9.58. The molecule has 0 saturated carbocycles. The van der Waals surface area contributed by atoms with Gasteiger partial charge in [-0.25, -0.2) is 4.39 Å². The number of carbonyl (C=O) groups is 2. The Hall–Kier alpha value is -3.81. The summed E-state index contributed by atoms with van der Waals surface area (Å²) in [6.45, 7) is 2.86. The number of hydrogen-bond donors (Lipinski definition) is 1. The number of carbonyl (C=O) groups excluding carboxylic acids is 2. The molecule has 2 amide bonds. The third kappa shape index (κ3) is 5.70. The van der Waals surface area contributed by atoms with Crippen molar-refractivity contribution in [2.45, 2.75) is 31.6 Å². The highest BCUT2D eigenvalue weighted by Crippen LogP contribution is 2.30. The molecule has 2 aliphatic heterocycles. The number of piperidine rings is 1. The molecule has 3 heterocycles. The Morgan fingerprint density at radius 2 is 1.69 bits per heavy atom. The van der Waals surface area contributed by atoms with Crippen LogP contribution in [0.25, 0.3) is 0 Å². The van der Waals surface area contributed by atoms with Crippen molar-refractivity contribution in [2.24, 2.45) is 5.92 Å². The molecule has 1 aromatic heterocycles. The fourth-order valence-corrected chi connectivity index (χ4v) is 5.08. The summed E-state index contributed by atoms with van der Waals surface area (Å²) in [4.78, 5) is 29.4. The van der Waals surface area contributed by atoms with Gasteiger partial charge in [-0.15, -0.1) is 5.10 Å². The van der Waals surface area contributed by atoms with Crippen LogP contribution in [0, 0.1) is 11.7 Å². The van der Waals surface area contributed by atoms with Gasteiger partial charge in [0.1, 0.15) is 5.82 Å². The van der Waals surface area contributed by atoms with E-state index in [1.807, 2.05) is 29.2 Å². The van der Waals surface area contributed by atoms with E-state index in [1.165, 1.54) is 17.7 Å². The van der Waals surface area contributed by atoms with E-state index in [0.29, 0.717) is 32.0 Å². The van der Waals surface area contributed by atoms with Crippen molar-refractivity contribution in [3.05, 3.63) is 83.8 Å². The molecule has 3 aromatic rings. The number of halogens is 1. The molecule has 7 nitrogen and oxygen atoms in total. The van der Waals surface area contributed by atoms with Crippen molar-refractivity contribution in [2.75, 3.05) is 36.4 Å². The Morgan fingerprint density at radius 1 is 0.944 bits per heavy atom. The second-order valence-electron chi connectivity index (χ2n) is 9.58. The molecular weight excluding hydrogens is 457 g/mol. The van der Waals surface area contributed by atoms with Gasteiger partial charge >= 0.3 is 0 Å². The van der Waals surface area contributed by atoms with E-state index in [9.17, 15) is 14.0 Å². The minimum Gasteiger partial charge on any atom is -0.354 e. The second kappa shape index (κ2) is 10.8. The van der Waals surface area contributed by atoms with E-state index < -0.39 is 0 Å². The first-order valence-electron chi connectivity index (χ1n) is 12.5. The van der Waals surface area contributed by atoms with Crippen LogP contribution in [0.5, 0.6) is 0 Å². The van der Waals surface area contributed by atoms with Gasteiger partial charge in [0, 0.05) is 38.1 Å². The normalized spacial score (nSPS) is 18.3. The average molecular weight is 488 g/mol. The summed E-state index contributed by atoms with van der Waals surface area (Å²) in [5.74, 6) is 0.940. The van der Waals surface area contributed by atoms with Crippen LogP contribution in [-0.2, 0) is 16.0 Å². The molecule has 0 radical (unpaired) electrons. The minimum atomic E-state index is -0.291. The van der Waals surface area contributed by atoms with Gasteiger partial charge in [0.05, 0.1) is 12.3 Å². The zero-order valence-electron chi connectivity index (χ0n) is 20.1. The Morgan fingerprint density at radius 3 is 2.39 bits per heavy atom. The highest BCUT2D eigenvalue weighted by atomic mass is 19.1. The van der Waals surface area contributed by atoms with Crippen LogP contribution >= 0.6 is 0 Å². The van der Waals surface area contributed by atoms with Gasteiger partial charge in [0.15, 0.2) is 5.82 Å². The molecule has 8 heteroatoms. The Balaban J connectivity index is 1.09. The highest BCUT2D eigenvalue weighted by Gasteiger charge is 2.29. The summed E-state index contributed by atoms with van der Waals surface area (Å²) >= 11 is 0. The maximum atomic E-state index is 13.1. The number of benzene rings is 2. The van der Waals surface area contributed by atoms with Crippen molar-refractivity contribution in [1.29, 1.82) is 0 Å². The smallest absolute Gasteiger partial charge is 0.229 e. The summed E-state index contributed by atoms with van der Waals surface area (Å²) < 4.78 is 13.1. The predicted molar refractivity (Wildman–Crippen MR) is 136 cm³/mol. The summed E-state index contributed by atoms with van der Waals surface area (Å²) in [6, 6.07) is 18.0. The number of aromatic nitrogens is 2. The lowest BCUT2D eigenvalue weighted by Gasteiger charge is -2.32. The van der Waals surface area contributed by atoms with Crippen molar-refractivity contribution in [3.63, 3.8) is 0 Å². The van der Waals surface area contributed by atoms with E-state index in [4.69, 9.17) is 0 Å². The SMILES string of the molecule is O=C(Nc1ccc(C2CCN(C(=O)Cc3ccc(F)cc3)CC2)cc1)C1CCN(c2cccnn2)C1. The summed E-state index contributed by atoms with van der Waals surface area (Å²) in [5.41, 5.74) is 2.86. The van der Waals surface area contributed by atoms with Gasteiger partial charge in [0.2, 0.25) is 11.8 Å². The molecule has 2 aromatic carbocycles. The predicted octanol–water partition coefficient (Wildman–Crippen LogP) is 4.03. The molecule has 0 spiro atoms. The van der Waals surface area contributed by atoms with E-state index >= 15 is 0 Å². The average Bonchev–Trinajstić information content (AvgIpc) is 3.42. The van der Waals surface area contributed by atoms with Gasteiger partial charge in [-0.1, -0.05) is 24.3 Å². The first kappa shape index (κ1) is 23.9. The minimum absolute atomic E-state index is 0.0297. The third-order valence-corrected chi connectivity index (χ3v) is 7.21. The highest BCUT2D eigenvalue weighted by molar-refractivity contribution is 5.93. The van der Waals surface area contributed by atoms with Crippen LogP contribution in [0.3, 0.4) is 0 Å². The van der Waals surface area contributed by atoms with Crippen LogP contribution in [-0.4, -0.2) is 53.1 Å². The van der Waals surface area contributed by atoms with Crippen molar-refractivity contribution >= 4 is 23.3 Å². The fourth-order valence-electron chi connectivity index (χ4n) is 5.08. The van der Waals surface area contributed by atoms with Crippen LogP contribution in [0.4, 0.5) is 15.9 Å². The number of amides is 2. The monoisotopic (exact) mass is 487 g/mol. The van der Waals surface area contributed by atoms with E-state index in [-0.39, 0.29) is 23.5 Å². The van der Waals surface area contributed by atoms with Crippen LogP contribution in [0.2, 0.25) is 0 Å². The van der Waals surface area contributed by atoms with Gasteiger partial charge < -0.3 is 15.1 Å². The first-order chi connectivity index (χ1) is 17.5. The lowest BCUT2D eigenvalue weighted by atomic mass is 9.89. The number of nitrogens with one attached hydrogen (secondary N) is 1. The first-order valence-corrected chi connectivity index (χ1v) is 12.5. The van der Waals surface area contributed by atoms with Gasteiger partial charge in [-0.3, -0.25) is 9.59 Å². The number of anilines is 2. The Kier molecular flexibility index (Phi) is 7.21. The molecule has 0 aliphatic carbocycles. The number of rotatable bonds is 6. The Bertz CT molecular complexity index is 1180. The van der Waals surface area contributed by atoms with E-state index in [2.05, 4.69) is 32.5 Å². The lowest BCUT2D eigenvalue weighted by molar-refractivity contribution is -0.131. The maximum absolute atomic E-state index is 13.1. The zero-order valence-corrected chi connectivity index (χ0v) is 20.1. The van der Waals surface area contributed by atoms with Crippen molar-refractivity contribution in [3.8, 4) is 0 Å². The van der Waals surface area contributed by atoms with E-state index in [0.717, 1.165) is 42.9 Å². The lowest BCUT2D eigenvalue weighted by Crippen LogP contribution is -2.38. The summed E-state index contributed by atoms with van der Waals surface area (Å²) in [5, 5.41) is 11.1. The molecule has 2 fully saturated rings. The van der Waals surface area contributed by atoms with Gasteiger partial charge in [-0.05, 0) is 72.7 Å². The van der Waals surface area contributed by atoms with Crippen LogP contribution in [0.15, 0.2) is 66.9 Å². The standard InChI is InChI=1S/C28H30FN5O2/c29-24-7-3-20(4-8-24)18-27(35)33-15-11-22(12-16-33)21-5-9-25(10-6-21)31-28(36)23-13-17-34(19-23)26-2-1-14-30-32-26/h1-10,14,22-23H,11-13,15-19H2,(H,31,36). The third-order valence-electron chi connectivity index (χ3n) is 7.21. The molecule has 2 saturated heterocycles. The largest absolute Gasteiger partial charge is 0.354 e. The van der Waals surface area contributed by atoms with Gasteiger partial charge in [0.25, 0.3) is 0 Å². The molecule has 1 unspecified atom stereocenters. The molecule has 1 atom stereocenters. The molecule has 1 N–H and O–H groups in total. The van der Waals surface area contributed by atoms with Gasteiger partial charge in [-0.2, -0.15) is 5.10 Å². The maximum Gasteiger partial charge on any atom is 0.229 e. The van der Waals surface area contributed by atoms with Crippen LogP contribution in [0.1, 0.15) is 36.3 Å². The number of nitrogens with zero attached hydrogens (tertiary/aromatic N) is 4. The fraction of sp³-hybridized carbons (Fsp3) is 0.357. The molecule has 0 bridgehead atoms. The number of likely N-dealkylation sites (tertiary alicyclic amines) is 1. The molecule has 5 rings (SSSR count). The molecule has 2 aliphatic rings. The van der Waals surface area contributed by atoms with Crippen molar-refractivity contribution < 1.29 is 14.0 Å². The summed E-state index contributed by atoms with van der Waals surface area (Å²) in [7, 11) is 0. The Labute approximate surface area is 210 Å². The zero-order chi connectivity index (χ0) is 24.9. The molecule has 186 valence electrons. The summed E-state index contributed by atoms with van der Waals surface area (Å²) in [6.07, 6.45) is 4.55. The molecule has 36 heavy (non-hydrogen) atoms. The van der Waals surface area contributed by atoms with E-state index in [1.54, 1.807) is 18.3 Å². The topological polar surface area (TPSA) is 78.4 Å². The quantitative estimate of drug-likeness (QED) is 0.568. The number of hydrogen-bond acceptors (Lipinski definition) is 5. The van der Waals surface area contributed by atoms with Crippen LogP contribution < -0.4 is 10.2 Å². The van der Waals surface area contributed by atoms with Crippen molar-refractivity contribution in [1.82, 2.24) is 15.1 Å². The molecular formula is C28H30FN5O2.